The standard InChI is InChI=1S/C24H31N2O6P/c1-17(2)13-25(16-33(29,30)31)24(28)26-14-20-10-9-18(3)11-21(20)12-22(26)23(27)32-15-19-7-5-4-6-8-19/h4-11,17,22H,12-16H2,1-3H3,(H2,29,30,31). The quantitative estimate of drug-likeness (QED) is 0.468. The molecular weight excluding hydrogens is 443 g/mol. The number of hydrogen-bond donors (Lipinski definition) is 2. The smallest absolute Gasteiger partial charge is 0.344 e. The highest BCUT2D eigenvalue weighted by Gasteiger charge is 2.39. The summed E-state index contributed by atoms with van der Waals surface area (Å²) in [6, 6.07) is 13.7. The summed E-state index contributed by atoms with van der Waals surface area (Å²) in [6.45, 7) is 6.09. The molecule has 0 spiro atoms. The molecule has 1 atom stereocenters. The van der Waals surface area contributed by atoms with Gasteiger partial charge in [-0.15, -0.1) is 0 Å². The van der Waals surface area contributed by atoms with Crippen LogP contribution in [0.2, 0.25) is 0 Å². The lowest BCUT2D eigenvalue weighted by atomic mass is 9.92. The molecule has 2 amide bonds. The van der Waals surface area contributed by atoms with Crippen molar-refractivity contribution in [2.45, 2.75) is 46.4 Å². The van der Waals surface area contributed by atoms with Crippen LogP contribution in [0.3, 0.4) is 0 Å². The fraction of sp³-hybridized carbons (Fsp3) is 0.417. The number of rotatable bonds is 7. The molecule has 0 fully saturated rings. The Morgan fingerprint density at radius 3 is 2.48 bits per heavy atom. The minimum absolute atomic E-state index is 0.0105. The third-order valence-electron chi connectivity index (χ3n) is 5.44. The van der Waals surface area contributed by atoms with E-state index in [1.165, 1.54) is 4.90 Å². The van der Waals surface area contributed by atoms with E-state index >= 15 is 0 Å². The molecule has 2 aromatic rings. The van der Waals surface area contributed by atoms with E-state index < -0.39 is 31.9 Å². The summed E-state index contributed by atoms with van der Waals surface area (Å²) in [7, 11) is -4.49. The van der Waals surface area contributed by atoms with E-state index in [-0.39, 0.29) is 32.0 Å². The van der Waals surface area contributed by atoms with E-state index in [4.69, 9.17) is 4.74 Å². The van der Waals surface area contributed by atoms with Crippen molar-refractivity contribution in [1.29, 1.82) is 0 Å². The van der Waals surface area contributed by atoms with Crippen molar-refractivity contribution >= 4 is 19.6 Å². The lowest BCUT2D eigenvalue weighted by molar-refractivity contribution is -0.151. The largest absolute Gasteiger partial charge is 0.459 e. The zero-order valence-corrected chi connectivity index (χ0v) is 20.1. The maximum absolute atomic E-state index is 13.5. The van der Waals surface area contributed by atoms with Crippen molar-refractivity contribution in [2.75, 3.05) is 12.8 Å². The third kappa shape index (κ3) is 6.90. The first-order valence-electron chi connectivity index (χ1n) is 10.9. The fourth-order valence-electron chi connectivity index (χ4n) is 3.99. The molecule has 1 aliphatic rings. The molecule has 9 heteroatoms. The average molecular weight is 474 g/mol. The SMILES string of the molecule is Cc1ccc2c(c1)CC(C(=O)OCc1ccccc1)N(C(=O)N(CC(C)C)CP(=O)(O)O)C2. The highest BCUT2D eigenvalue weighted by atomic mass is 31.2. The zero-order valence-electron chi connectivity index (χ0n) is 19.2. The van der Waals surface area contributed by atoms with Gasteiger partial charge in [0.05, 0.1) is 0 Å². The van der Waals surface area contributed by atoms with Crippen LogP contribution in [0.1, 0.15) is 36.1 Å². The normalized spacial score (nSPS) is 15.8. The molecule has 2 N–H and O–H groups in total. The van der Waals surface area contributed by atoms with Gasteiger partial charge in [-0.3, -0.25) is 4.57 Å². The lowest BCUT2D eigenvalue weighted by Crippen LogP contribution is -2.54. The molecule has 1 aliphatic heterocycles. The number of urea groups is 1. The van der Waals surface area contributed by atoms with Crippen LogP contribution in [-0.4, -0.2) is 50.5 Å². The van der Waals surface area contributed by atoms with E-state index in [0.717, 1.165) is 27.2 Å². The Morgan fingerprint density at radius 2 is 1.85 bits per heavy atom. The number of amides is 2. The third-order valence-corrected chi connectivity index (χ3v) is 6.15. The van der Waals surface area contributed by atoms with E-state index in [1.807, 2.05) is 69.3 Å². The molecule has 1 heterocycles. The molecule has 178 valence electrons. The van der Waals surface area contributed by atoms with Crippen molar-refractivity contribution < 1.29 is 28.7 Å². The van der Waals surface area contributed by atoms with Crippen molar-refractivity contribution in [3.8, 4) is 0 Å². The zero-order chi connectivity index (χ0) is 24.2. The lowest BCUT2D eigenvalue weighted by Gasteiger charge is -2.39. The van der Waals surface area contributed by atoms with E-state index in [0.29, 0.717) is 0 Å². The van der Waals surface area contributed by atoms with Crippen LogP contribution in [0, 0.1) is 12.8 Å². The van der Waals surface area contributed by atoms with Gasteiger partial charge < -0.3 is 24.3 Å². The summed E-state index contributed by atoms with van der Waals surface area (Å²) < 4.78 is 17.3. The maximum atomic E-state index is 13.5. The monoisotopic (exact) mass is 474 g/mol. The minimum Gasteiger partial charge on any atom is -0.459 e. The number of carbonyl (C=O) groups excluding carboxylic acids is 2. The molecule has 0 saturated carbocycles. The topological polar surface area (TPSA) is 107 Å². The van der Waals surface area contributed by atoms with Gasteiger partial charge in [-0.1, -0.05) is 67.9 Å². The van der Waals surface area contributed by atoms with Gasteiger partial charge in [-0.2, -0.15) is 0 Å². The first-order chi connectivity index (χ1) is 15.5. The molecule has 3 rings (SSSR count). The Bertz CT molecular complexity index is 1040. The van der Waals surface area contributed by atoms with Crippen LogP contribution in [-0.2, 0) is 33.7 Å². The summed E-state index contributed by atoms with van der Waals surface area (Å²) in [5.74, 6) is -0.552. The predicted molar refractivity (Wildman–Crippen MR) is 124 cm³/mol. The van der Waals surface area contributed by atoms with Crippen molar-refractivity contribution in [3.05, 3.63) is 70.8 Å². The number of hydrogen-bond acceptors (Lipinski definition) is 4. The van der Waals surface area contributed by atoms with E-state index in [1.54, 1.807) is 0 Å². The van der Waals surface area contributed by atoms with Gasteiger partial charge in [0.1, 0.15) is 18.9 Å². The first kappa shape index (κ1) is 25.0. The van der Waals surface area contributed by atoms with Crippen molar-refractivity contribution in [2.24, 2.45) is 5.92 Å². The van der Waals surface area contributed by atoms with Crippen LogP contribution < -0.4 is 0 Å². The molecule has 0 aliphatic carbocycles. The Labute approximate surface area is 194 Å². The number of fused-ring (bicyclic) bond motifs is 1. The average Bonchev–Trinajstić information content (AvgIpc) is 2.75. The number of esters is 1. The highest BCUT2D eigenvalue weighted by Crippen LogP contribution is 2.36. The van der Waals surface area contributed by atoms with Gasteiger partial charge in [-0.25, -0.2) is 9.59 Å². The number of aryl methyl sites for hydroxylation is 1. The molecule has 0 aromatic heterocycles. The number of nitrogens with zero attached hydrogens (tertiary/aromatic N) is 2. The Kier molecular flexibility index (Phi) is 7.95. The molecule has 0 radical (unpaired) electrons. The Balaban J connectivity index is 1.88. The van der Waals surface area contributed by atoms with Crippen LogP contribution in [0.5, 0.6) is 0 Å². The van der Waals surface area contributed by atoms with Crippen LogP contribution in [0.15, 0.2) is 48.5 Å². The Hall–Kier alpha value is -2.67. The van der Waals surface area contributed by atoms with E-state index in [2.05, 4.69) is 0 Å². The van der Waals surface area contributed by atoms with Gasteiger partial charge in [0.25, 0.3) is 0 Å². The highest BCUT2D eigenvalue weighted by molar-refractivity contribution is 7.51. The summed E-state index contributed by atoms with van der Waals surface area (Å²) in [5, 5.41) is 0. The van der Waals surface area contributed by atoms with Crippen LogP contribution in [0.4, 0.5) is 4.79 Å². The molecule has 8 nitrogen and oxygen atoms in total. The van der Waals surface area contributed by atoms with Crippen molar-refractivity contribution in [3.63, 3.8) is 0 Å². The second-order valence-electron chi connectivity index (χ2n) is 8.92. The molecule has 2 aromatic carbocycles. The number of benzene rings is 2. The minimum atomic E-state index is -4.49. The number of carbonyl (C=O) groups is 2. The molecular formula is C24H31N2O6P. The predicted octanol–water partition coefficient (Wildman–Crippen LogP) is 3.68. The van der Waals surface area contributed by atoms with Gasteiger partial charge in [-0.05, 0) is 29.5 Å². The van der Waals surface area contributed by atoms with Gasteiger partial charge in [0.15, 0.2) is 0 Å². The van der Waals surface area contributed by atoms with Crippen molar-refractivity contribution in [1.82, 2.24) is 9.80 Å². The molecule has 33 heavy (non-hydrogen) atoms. The van der Waals surface area contributed by atoms with Crippen LogP contribution in [0.25, 0.3) is 0 Å². The van der Waals surface area contributed by atoms with E-state index in [9.17, 15) is 23.9 Å². The van der Waals surface area contributed by atoms with Gasteiger partial charge in [0, 0.05) is 19.5 Å². The number of ether oxygens (including phenoxy) is 1. The first-order valence-corrected chi connectivity index (χ1v) is 12.7. The molecule has 1 unspecified atom stereocenters. The summed E-state index contributed by atoms with van der Waals surface area (Å²) in [5.41, 5.74) is 3.75. The van der Waals surface area contributed by atoms with Crippen LogP contribution >= 0.6 is 7.60 Å². The summed E-state index contributed by atoms with van der Waals surface area (Å²) in [4.78, 5) is 48.2. The van der Waals surface area contributed by atoms with Gasteiger partial charge >= 0.3 is 19.6 Å². The molecule has 0 saturated heterocycles. The summed E-state index contributed by atoms with van der Waals surface area (Å²) >= 11 is 0. The maximum Gasteiger partial charge on any atom is 0.344 e. The molecule has 0 bridgehead atoms. The van der Waals surface area contributed by atoms with Gasteiger partial charge in [0.2, 0.25) is 0 Å². The second-order valence-corrected chi connectivity index (χ2v) is 10.5. The summed E-state index contributed by atoms with van der Waals surface area (Å²) in [6.07, 6.45) is -0.422. The fourth-order valence-corrected chi connectivity index (χ4v) is 4.67. The second kappa shape index (κ2) is 10.5. The Morgan fingerprint density at radius 1 is 1.15 bits per heavy atom.